The summed E-state index contributed by atoms with van der Waals surface area (Å²) in [6.45, 7) is 2.70. The van der Waals surface area contributed by atoms with E-state index < -0.39 is 0 Å². The summed E-state index contributed by atoms with van der Waals surface area (Å²) < 4.78 is 0. The zero-order valence-corrected chi connectivity index (χ0v) is 7.25. The van der Waals surface area contributed by atoms with Crippen molar-refractivity contribution in [3.8, 4) is 0 Å². The van der Waals surface area contributed by atoms with Gasteiger partial charge in [-0.25, -0.2) is 0 Å². The van der Waals surface area contributed by atoms with Crippen LogP contribution in [0.3, 0.4) is 0 Å². The quantitative estimate of drug-likeness (QED) is 0.571. The lowest BCUT2D eigenvalue weighted by atomic mass is 9.96. The predicted molar refractivity (Wildman–Crippen MR) is 44.7 cm³/mol. The van der Waals surface area contributed by atoms with E-state index in [2.05, 4.69) is 12.2 Å². The summed E-state index contributed by atoms with van der Waals surface area (Å²) in [6.07, 6.45) is 3.23. The molecule has 4 nitrogen and oxygen atoms in total. The van der Waals surface area contributed by atoms with Gasteiger partial charge in [0.15, 0.2) is 0 Å². The van der Waals surface area contributed by atoms with Crippen molar-refractivity contribution in [2.24, 2.45) is 5.92 Å². The second-order valence-corrected chi connectivity index (χ2v) is 2.64. The van der Waals surface area contributed by atoms with Gasteiger partial charge in [-0.15, -0.1) is 0 Å². The molecule has 1 aliphatic rings. The molecule has 1 heterocycles. The summed E-state index contributed by atoms with van der Waals surface area (Å²) in [5, 5.41) is 9.73. The van der Waals surface area contributed by atoms with Crippen LogP contribution in [0.1, 0.15) is 26.2 Å². The van der Waals surface area contributed by atoms with Crippen molar-refractivity contribution >= 4 is 12.4 Å². The number of hydrogen-bond donors (Lipinski definition) is 2. The zero-order chi connectivity index (χ0) is 9.40. The van der Waals surface area contributed by atoms with Crippen LogP contribution < -0.4 is 5.32 Å². The Labute approximate surface area is 72.0 Å². The van der Waals surface area contributed by atoms with E-state index in [0.29, 0.717) is 5.92 Å². The van der Waals surface area contributed by atoms with Crippen LogP contribution in [0.5, 0.6) is 0 Å². The topological polar surface area (TPSA) is 66.4 Å². The molecular formula is C8H15NO3. The summed E-state index contributed by atoms with van der Waals surface area (Å²) in [4.78, 5) is 19.3. The second kappa shape index (κ2) is 6.64. The van der Waals surface area contributed by atoms with Gasteiger partial charge in [-0.05, 0) is 19.3 Å². The van der Waals surface area contributed by atoms with E-state index >= 15 is 0 Å². The second-order valence-electron chi connectivity index (χ2n) is 2.64. The Morgan fingerprint density at radius 2 is 2.33 bits per heavy atom. The van der Waals surface area contributed by atoms with Crippen LogP contribution >= 0.6 is 0 Å². The van der Waals surface area contributed by atoms with Crippen LogP contribution in [0.25, 0.3) is 0 Å². The van der Waals surface area contributed by atoms with Crippen molar-refractivity contribution in [2.45, 2.75) is 26.2 Å². The Morgan fingerprint density at radius 1 is 1.75 bits per heavy atom. The highest BCUT2D eigenvalue weighted by molar-refractivity contribution is 5.79. The first-order valence-electron chi connectivity index (χ1n) is 4.11. The molecule has 0 spiro atoms. The molecule has 70 valence electrons. The number of carbonyl (C=O) groups is 2. The molecule has 1 atom stereocenters. The molecule has 2 N–H and O–H groups in total. The van der Waals surface area contributed by atoms with Gasteiger partial charge in [0.25, 0.3) is 6.47 Å². The van der Waals surface area contributed by atoms with Crippen LogP contribution in [0.4, 0.5) is 0 Å². The molecule has 0 radical (unpaired) electrons. The van der Waals surface area contributed by atoms with Crippen molar-refractivity contribution in [3.63, 3.8) is 0 Å². The fourth-order valence-corrected chi connectivity index (χ4v) is 1.23. The highest BCUT2D eigenvalue weighted by Gasteiger charge is 2.18. The third kappa shape index (κ3) is 3.95. The third-order valence-electron chi connectivity index (χ3n) is 1.89. The fraction of sp³-hybridized carbons (Fsp3) is 0.750. The average molecular weight is 173 g/mol. The molecule has 0 aromatic heterocycles. The molecule has 0 aromatic carbocycles. The SMILES string of the molecule is CCC1CCCNC1=O.O=CO. The largest absolute Gasteiger partial charge is 0.483 e. The van der Waals surface area contributed by atoms with Crippen molar-refractivity contribution in [3.05, 3.63) is 0 Å². The lowest BCUT2D eigenvalue weighted by Gasteiger charge is -2.19. The van der Waals surface area contributed by atoms with Crippen molar-refractivity contribution in [2.75, 3.05) is 6.54 Å². The minimum absolute atomic E-state index is 0.250. The van der Waals surface area contributed by atoms with Crippen LogP contribution in [0.2, 0.25) is 0 Å². The minimum Gasteiger partial charge on any atom is -0.483 e. The number of carboxylic acid groups (broad SMARTS) is 1. The molecule has 0 aliphatic carbocycles. The molecule has 0 saturated carbocycles. The van der Waals surface area contributed by atoms with Crippen molar-refractivity contribution in [1.29, 1.82) is 0 Å². The molecule has 12 heavy (non-hydrogen) atoms. The fourth-order valence-electron chi connectivity index (χ4n) is 1.23. The normalized spacial score (nSPS) is 21.8. The lowest BCUT2D eigenvalue weighted by Crippen LogP contribution is -2.35. The average Bonchev–Trinajstić information content (AvgIpc) is 2.07. The van der Waals surface area contributed by atoms with Crippen molar-refractivity contribution in [1.82, 2.24) is 5.32 Å². The Morgan fingerprint density at radius 3 is 2.67 bits per heavy atom. The Bertz CT molecular complexity index is 147. The number of amides is 1. The van der Waals surface area contributed by atoms with Gasteiger partial charge in [0.1, 0.15) is 0 Å². The number of piperidine rings is 1. The highest BCUT2D eigenvalue weighted by Crippen LogP contribution is 2.13. The summed E-state index contributed by atoms with van der Waals surface area (Å²) >= 11 is 0. The molecule has 1 amide bonds. The van der Waals surface area contributed by atoms with Gasteiger partial charge >= 0.3 is 0 Å². The van der Waals surface area contributed by atoms with Crippen LogP contribution in [-0.4, -0.2) is 24.0 Å². The van der Waals surface area contributed by atoms with Gasteiger partial charge in [0, 0.05) is 12.5 Å². The Hall–Kier alpha value is -1.06. The minimum atomic E-state index is -0.250. The van der Waals surface area contributed by atoms with E-state index in [9.17, 15) is 4.79 Å². The summed E-state index contributed by atoms with van der Waals surface area (Å²) in [7, 11) is 0. The van der Waals surface area contributed by atoms with Crippen LogP contribution in [0, 0.1) is 5.92 Å². The van der Waals surface area contributed by atoms with E-state index in [-0.39, 0.29) is 12.4 Å². The molecule has 1 saturated heterocycles. The van der Waals surface area contributed by atoms with Crippen LogP contribution in [0.15, 0.2) is 0 Å². The van der Waals surface area contributed by atoms with E-state index in [1.54, 1.807) is 0 Å². The monoisotopic (exact) mass is 173 g/mol. The maximum Gasteiger partial charge on any atom is 0.290 e. The molecule has 1 rings (SSSR count). The predicted octanol–water partition coefficient (Wildman–Crippen LogP) is 0.623. The smallest absolute Gasteiger partial charge is 0.290 e. The summed E-state index contributed by atoms with van der Waals surface area (Å²) in [5.74, 6) is 0.558. The Balaban J connectivity index is 0.000000354. The van der Waals surface area contributed by atoms with Crippen molar-refractivity contribution < 1.29 is 14.7 Å². The van der Waals surface area contributed by atoms with E-state index in [4.69, 9.17) is 9.90 Å². The number of rotatable bonds is 1. The molecule has 1 fully saturated rings. The standard InChI is InChI=1S/C7H13NO.CH2O2/c1-2-6-4-3-5-8-7(6)9;2-1-3/h6H,2-5H2,1H3,(H,8,9);1H,(H,2,3). The zero-order valence-electron chi connectivity index (χ0n) is 7.25. The molecule has 1 unspecified atom stereocenters. The number of hydrogen-bond acceptors (Lipinski definition) is 2. The number of carbonyl (C=O) groups excluding carboxylic acids is 1. The summed E-state index contributed by atoms with van der Waals surface area (Å²) in [5.41, 5.74) is 0. The molecule has 0 bridgehead atoms. The maximum atomic E-state index is 10.9. The van der Waals surface area contributed by atoms with E-state index in [0.717, 1.165) is 25.8 Å². The molecular weight excluding hydrogens is 158 g/mol. The number of nitrogens with one attached hydrogen (secondary N) is 1. The van der Waals surface area contributed by atoms with Gasteiger partial charge < -0.3 is 10.4 Å². The first-order chi connectivity index (χ1) is 5.76. The Kier molecular flexibility index (Phi) is 6.05. The lowest BCUT2D eigenvalue weighted by molar-refractivity contribution is -0.126. The molecule has 0 aromatic rings. The first kappa shape index (κ1) is 10.9. The van der Waals surface area contributed by atoms with Crippen LogP contribution in [-0.2, 0) is 9.59 Å². The van der Waals surface area contributed by atoms with Gasteiger partial charge in [-0.2, -0.15) is 0 Å². The van der Waals surface area contributed by atoms with Gasteiger partial charge in [0.05, 0.1) is 0 Å². The van der Waals surface area contributed by atoms with E-state index in [1.807, 2.05) is 0 Å². The van der Waals surface area contributed by atoms with E-state index in [1.165, 1.54) is 0 Å². The maximum absolute atomic E-state index is 10.9. The summed E-state index contributed by atoms with van der Waals surface area (Å²) in [6, 6.07) is 0. The van der Waals surface area contributed by atoms with Gasteiger partial charge in [0.2, 0.25) is 5.91 Å². The molecule has 1 aliphatic heterocycles. The van der Waals surface area contributed by atoms with Gasteiger partial charge in [-0.3, -0.25) is 9.59 Å². The molecule has 4 heteroatoms. The highest BCUT2D eigenvalue weighted by atomic mass is 16.3. The third-order valence-corrected chi connectivity index (χ3v) is 1.89. The van der Waals surface area contributed by atoms with Gasteiger partial charge in [-0.1, -0.05) is 6.92 Å². The first-order valence-corrected chi connectivity index (χ1v) is 4.11.